The van der Waals surface area contributed by atoms with Gasteiger partial charge in [-0.1, -0.05) is 74.6 Å². The van der Waals surface area contributed by atoms with E-state index in [1.807, 2.05) is 54.6 Å². The van der Waals surface area contributed by atoms with E-state index in [0.29, 0.717) is 37.7 Å². The maximum atomic E-state index is 14.1. The Balaban J connectivity index is 1.25. The molecule has 222 valence electrons. The molecule has 9 heteroatoms. The number of nitrogens with two attached hydrogens (primary N) is 1. The fourth-order valence-corrected chi connectivity index (χ4v) is 6.27. The van der Waals surface area contributed by atoms with E-state index in [-0.39, 0.29) is 18.4 Å². The van der Waals surface area contributed by atoms with E-state index in [2.05, 4.69) is 10.3 Å². The van der Waals surface area contributed by atoms with Gasteiger partial charge in [0.05, 0.1) is 0 Å². The summed E-state index contributed by atoms with van der Waals surface area (Å²) >= 11 is 0. The Morgan fingerprint density at radius 1 is 1.02 bits per heavy atom. The van der Waals surface area contributed by atoms with Crippen LogP contribution < -0.4 is 11.1 Å². The van der Waals surface area contributed by atoms with Gasteiger partial charge in [-0.3, -0.25) is 14.5 Å². The predicted molar refractivity (Wildman–Crippen MR) is 162 cm³/mol. The average molecular weight is 572 g/mol. The van der Waals surface area contributed by atoms with Gasteiger partial charge in [-0.2, -0.15) is 0 Å². The number of anilines is 1. The van der Waals surface area contributed by atoms with Crippen molar-refractivity contribution in [2.75, 3.05) is 19.3 Å². The number of pyridine rings is 1. The number of amides is 3. The van der Waals surface area contributed by atoms with Crippen molar-refractivity contribution in [3.05, 3.63) is 71.9 Å². The van der Waals surface area contributed by atoms with E-state index in [1.165, 1.54) is 11.3 Å². The first kappa shape index (κ1) is 29.4. The van der Waals surface area contributed by atoms with Crippen molar-refractivity contribution in [3.8, 4) is 0 Å². The van der Waals surface area contributed by atoms with Crippen LogP contribution in [0.5, 0.6) is 0 Å². The van der Waals surface area contributed by atoms with E-state index in [0.717, 1.165) is 54.0 Å². The number of aromatic nitrogens is 1. The molecule has 9 nitrogen and oxygen atoms in total. The lowest BCUT2D eigenvalue weighted by Gasteiger charge is -2.35. The van der Waals surface area contributed by atoms with Crippen molar-refractivity contribution >= 4 is 34.5 Å². The lowest BCUT2D eigenvalue weighted by Crippen LogP contribution is -2.54. The number of carbonyl (C=O) groups excluding carboxylic acids is 3. The molecule has 42 heavy (non-hydrogen) atoms. The Labute approximate surface area is 247 Å². The van der Waals surface area contributed by atoms with Crippen LogP contribution in [0.25, 0.3) is 10.8 Å². The predicted octanol–water partition coefficient (Wildman–Crippen LogP) is 5.03. The minimum absolute atomic E-state index is 0.140. The van der Waals surface area contributed by atoms with Crippen LogP contribution in [0.2, 0.25) is 0 Å². The molecule has 2 unspecified atom stereocenters. The van der Waals surface area contributed by atoms with Gasteiger partial charge in [-0.05, 0) is 53.8 Å². The van der Waals surface area contributed by atoms with Gasteiger partial charge in [0.1, 0.15) is 24.5 Å². The minimum atomic E-state index is -0.677. The van der Waals surface area contributed by atoms with Crippen molar-refractivity contribution < 1.29 is 19.1 Å². The monoisotopic (exact) mass is 571 g/mol. The summed E-state index contributed by atoms with van der Waals surface area (Å²) in [5.74, 6) is 0.482. The fourth-order valence-electron chi connectivity index (χ4n) is 6.27. The second kappa shape index (κ2) is 13.7. The first-order valence-electron chi connectivity index (χ1n) is 15.1. The Morgan fingerprint density at radius 2 is 1.81 bits per heavy atom. The van der Waals surface area contributed by atoms with Crippen molar-refractivity contribution in [2.24, 2.45) is 5.92 Å². The summed E-state index contributed by atoms with van der Waals surface area (Å²) in [6.07, 6.45) is 8.64. The van der Waals surface area contributed by atoms with Gasteiger partial charge in [0.15, 0.2) is 0 Å². The molecule has 1 aliphatic heterocycles. The normalized spacial score (nSPS) is 18.0. The van der Waals surface area contributed by atoms with Crippen LogP contribution in [0.1, 0.15) is 62.5 Å². The van der Waals surface area contributed by atoms with Gasteiger partial charge < -0.3 is 20.7 Å². The van der Waals surface area contributed by atoms with Gasteiger partial charge in [0, 0.05) is 31.7 Å². The number of likely N-dealkylation sites (N-methyl/N-ethyl adjacent to an activating group) is 1. The second-order valence-corrected chi connectivity index (χ2v) is 11.6. The van der Waals surface area contributed by atoms with E-state index in [9.17, 15) is 14.4 Å². The molecule has 3 N–H and O–H groups in total. The summed E-state index contributed by atoms with van der Waals surface area (Å²) in [6.45, 7) is 0.973. The number of nitrogens with one attached hydrogen (secondary N) is 1. The number of benzene rings is 2. The zero-order valence-electron chi connectivity index (χ0n) is 24.3. The first-order valence-corrected chi connectivity index (χ1v) is 15.1. The smallest absolute Gasteiger partial charge is 0.410 e. The molecule has 1 saturated heterocycles. The topological polar surface area (TPSA) is 118 Å². The number of ether oxygens (including phenoxy) is 1. The third kappa shape index (κ3) is 7.01. The van der Waals surface area contributed by atoms with E-state index in [1.54, 1.807) is 18.1 Å². The Bertz CT molecular complexity index is 1390. The average Bonchev–Trinajstić information content (AvgIpc) is 3.52. The fraction of sp³-hybridized carbons (Fsp3) is 0.455. The third-order valence-corrected chi connectivity index (χ3v) is 8.69. The lowest BCUT2D eigenvalue weighted by molar-refractivity contribution is -0.142. The standard InChI is InChI=1S/C33H41N5O4/c1-37(33(41)42-22-24-11-6-3-7-12-24)29(20-23-9-4-2-5-10-23)32(40)38-18-8-13-28(38)31(39)36-21-25-14-15-27-26(19-25)16-17-35-30(27)34/h3,6-7,11-12,14-17,19,23,28-29H,2,4-5,8-10,13,18,20-22H2,1H3,(H2,34,35)(H,36,39). The van der Waals surface area contributed by atoms with Crippen molar-refractivity contribution in [2.45, 2.75) is 76.6 Å². The maximum absolute atomic E-state index is 14.1. The zero-order valence-corrected chi connectivity index (χ0v) is 24.3. The van der Waals surface area contributed by atoms with Crippen LogP contribution in [0, 0.1) is 5.92 Å². The van der Waals surface area contributed by atoms with E-state index >= 15 is 0 Å². The Kier molecular flexibility index (Phi) is 9.56. The highest BCUT2D eigenvalue weighted by Gasteiger charge is 2.40. The van der Waals surface area contributed by atoms with Gasteiger partial charge in [-0.25, -0.2) is 9.78 Å². The quantitative estimate of drug-likeness (QED) is 0.372. The van der Waals surface area contributed by atoms with Gasteiger partial charge >= 0.3 is 6.09 Å². The van der Waals surface area contributed by atoms with E-state index in [4.69, 9.17) is 10.5 Å². The number of fused-ring (bicyclic) bond motifs is 1. The van der Waals surface area contributed by atoms with Gasteiger partial charge in [-0.15, -0.1) is 0 Å². The van der Waals surface area contributed by atoms with Crippen LogP contribution in [-0.4, -0.2) is 58.4 Å². The SMILES string of the molecule is CN(C(=O)OCc1ccccc1)C(CC1CCCCC1)C(=O)N1CCCC1C(=O)NCc1ccc2c(N)nccc2c1. The largest absolute Gasteiger partial charge is 0.445 e. The number of rotatable bonds is 9. The molecule has 1 aliphatic carbocycles. The van der Waals surface area contributed by atoms with E-state index < -0.39 is 18.2 Å². The molecule has 1 saturated carbocycles. The molecule has 2 aromatic carbocycles. The molecular formula is C33H41N5O4. The molecular weight excluding hydrogens is 530 g/mol. The number of hydrogen-bond donors (Lipinski definition) is 2. The van der Waals surface area contributed by atoms with Crippen LogP contribution in [0.4, 0.5) is 10.6 Å². The van der Waals surface area contributed by atoms with Crippen molar-refractivity contribution in [1.29, 1.82) is 0 Å². The summed E-state index contributed by atoms with van der Waals surface area (Å²) < 4.78 is 5.60. The molecule has 3 aromatic rings. The first-order chi connectivity index (χ1) is 20.4. The van der Waals surface area contributed by atoms with Gasteiger partial charge in [0.2, 0.25) is 11.8 Å². The van der Waals surface area contributed by atoms with Crippen LogP contribution >= 0.6 is 0 Å². The molecule has 0 spiro atoms. The Hall–Kier alpha value is -4.14. The molecule has 1 aromatic heterocycles. The number of nitrogen functional groups attached to an aromatic ring is 1. The highest BCUT2D eigenvalue weighted by atomic mass is 16.6. The third-order valence-electron chi connectivity index (χ3n) is 8.69. The second-order valence-electron chi connectivity index (χ2n) is 11.6. The summed E-state index contributed by atoms with van der Waals surface area (Å²) in [5, 5.41) is 4.86. The number of carbonyl (C=O) groups is 3. The molecule has 2 fully saturated rings. The summed E-state index contributed by atoms with van der Waals surface area (Å²) in [5.41, 5.74) is 7.80. The molecule has 0 radical (unpaired) electrons. The Morgan fingerprint density at radius 3 is 2.60 bits per heavy atom. The van der Waals surface area contributed by atoms with Crippen molar-refractivity contribution in [1.82, 2.24) is 20.1 Å². The maximum Gasteiger partial charge on any atom is 0.410 e. The minimum Gasteiger partial charge on any atom is -0.445 e. The summed E-state index contributed by atoms with van der Waals surface area (Å²) in [4.78, 5) is 47.9. The highest BCUT2D eigenvalue weighted by molar-refractivity contribution is 5.93. The van der Waals surface area contributed by atoms with Gasteiger partial charge in [0.25, 0.3) is 0 Å². The molecule has 5 rings (SSSR count). The lowest BCUT2D eigenvalue weighted by atomic mass is 9.84. The molecule has 2 atom stereocenters. The number of nitrogens with zero attached hydrogens (tertiary/aromatic N) is 3. The van der Waals surface area contributed by atoms with Crippen LogP contribution in [0.3, 0.4) is 0 Å². The summed E-state index contributed by atoms with van der Waals surface area (Å²) in [6, 6.07) is 16.0. The van der Waals surface area contributed by atoms with Crippen molar-refractivity contribution in [3.63, 3.8) is 0 Å². The van der Waals surface area contributed by atoms with Crippen LogP contribution in [-0.2, 0) is 27.5 Å². The zero-order chi connectivity index (χ0) is 29.5. The van der Waals surface area contributed by atoms with Crippen LogP contribution in [0.15, 0.2) is 60.8 Å². The summed E-state index contributed by atoms with van der Waals surface area (Å²) in [7, 11) is 1.64. The molecule has 3 amide bonds. The molecule has 0 bridgehead atoms. The number of likely N-dealkylation sites (tertiary alicyclic amines) is 1. The molecule has 2 aliphatic rings. The number of hydrogen-bond acceptors (Lipinski definition) is 6. The highest BCUT2D eigenvalue weighted by Crippen LogP contribution is 2.30. The molecule has 2 heterocycles.